The molecule has 1 aromatic carbocycles. The fraction of sp³-hybridized carbons (Fsp3) is 0.444. The Bertz CT molecular complexity index is 825. The molecule has 6 heteroatoms. The third kappa shape index (κ3) is 3.44. The number of rotatable bonds is 3. The van der Waals surface area contributed by atoms with Gasteiger partial charge in [0.25, 0.3) is 5.56 Å². The van der Waals surface area contributed by atoms with E-state index in [-0.39, 0.29) is 22.3 Å². The van der Waals surface area contributed by atoms with Gasteiger partial charge >= 0.3 is 0 Å². The molecule has 0 radical (unpaired) electrons. The quantitative estimate of drug-likeness (QED) is 0.747. The number of nitrogens with zero attached hydrogens (tertiary/aromatic N) is 1. The van der Waals surface area contributed by atoms with Gasteiger partial charge in [0, 0.05) is 6.54 Å². The third-order valence-electron chi connectivity index (χ3n) is 4.68. The Labute approximate surface area is 146 Å². The van der Waals surface area contributed by atoms with Crippen LogP contribution in [0.2, 0.25) is 0 Å². The second kappa shape index (κ2) is 6.91. The fourth-order valence-electron chi connectivity index (χ4n) is 3.51. The normalized spacial score (nSPS) is 20.0. The summed E-state index contributed by atoms with van der Waals surface area (Å²) in [5.41, 5.74) is 2.16. The standard InChI is InChI=1S/C18H23N3O2S/c1-11-5-7-13(8-6-11)15(21-9-3-4-12(2)10-21)14-16(22)19-18(24)20-17(14)23/h5-8,12,15H,3-4,9-10H2,1-2H3,(H3,19,20,22,23,24)/t12-,15+/m0/s1. The van der Waals surface area contributed by atoms with E-state index < -0.39 is 0 Å². The smallest absolute Gasteiger partial charge is 0.260 e. The zero-order valence-electron chi connectivity index (χ0n) is 14.0. The number of H-pyrrole nitrogens is 2. The minimum Gasteiger partial charge on any atom is -0.494 e. The molecule has 0 unspecified atom stereocenters. The molecule has 1 aliphatic heterocycles. The van der Waals surface area contributed by atoms with E-state index in [0.717, 1.165) is 30.6 Å². The molecule has 128 valence electrons. The highest BCUT2D eigenvalue weighted by Gasteiger charge is 2.30. The summed E-state index contributed by atoms with van der Waals surface area (Å²) < 4.78 is 0.135. The average molecular weight is 345 g/mol. The average Bonchev–Trinajstić information content (AvgIpc) is 2.52. The number of piperidine rings is 1. The lowest BCUT2D eigenvalue weighted by Gasteiger charge is -2.37. The van der Waals surface area contributed by atoms with E-state index in [1.165, 1.54) is 6.42 Å². The van der Waals surface area contributed by atoms with Crippen LogP contribution in [-0.2, 0) is 0 Å². The Morgan fingerprint density at radius 3 is 2.62 bits per heavy atom. The maximum atomic E-state index is 12.5. The van der Waals surface area contributed by atoms with E-state index in [9.17, 15) is 9.90 Å². The molecular weight excluding hydrogens is 322 g/mol. The molecule has 1 aliphatic rings. The molecule has 5 nitrogen and oxygen atoms in total. The van der Waals surface area contributed by atoms with Crippen LogP contribution in [0.25, 0.3) is 0 Å². The van der Waals surface area contributed by atoms with Crippen LogP contribution in [0.3, 0.4) is 0 Å². The molecule has 2 aromatic rings. The van der Waals surface area contributed by atoms with E-state index in [2.05, 4.69) is 21.8 Å². The molecule has 1 aromatic heterocycles. The van der Waals surface area contributed by atoms with Crippen LogP contribution >= 0.6 is 12.2 Å². The van der Waals surface area contributed by atoms with Crippen molar-refractivity contribution in [1.29, 1.82) is 0 Å². The van der Waals surface area contributed by atoms with Gasteiger partial charge in [-0.1, -0.05) is 36.8 Å². The predicted molar refractivity (Wildman–Crippen MR) is 96.9 cm³/mol. The molecule has 24 heavy (non-hydrogen) atoms. The van der Waals surface area contributed by atoms with Gasteiger partial charge in [0.05, 0.1) is 11.6 Å². The van der Waals surface area contributed by atoms with Crippen molar-refractivity contribution in [1.82, 2.24) is 14.9 Å². The van der Waals surface area contributed by atoms with Gasteiger partial charge in [0.2, 0.25) is 5.88 Å². The maximum Gasteiger partial charge on any atom is 0.260 e. The Morgan fingerprint density at radius 2 is 2.00 bits per heavy atom. The van der Waals surface area contributed by atoms with Gasteiger partial charge < -0.3 is 10.1 Å². The van der Waals surface area contributed by atoms with Crippen molar-refractivity contribution in [2.24, 2.45) is 5.92 Å². The number of hydrogen-bond donors (Lipinski definition) is 3. The summed E-state index contributed by atoms with van der Waals surface area (Å²) in [5.74, 6) is 0.419. The number of aromatic hydroxyl groups is 1. The Balaban J connectivity index is 2.13. The first kappa shape index (κ1) is 16.9. The van der Waals surface area contributed by atoms with Crippen molar-refractivity contribution < 1.29 is 5.11 Å². The molecule has 2 heterocycles. The number of aromatic nitrogens is 2. The molecule has 3 rings (SSSR count). The maximum absolute atomic E-state index is 12.5. The molecular formula is C18H23N3O2S. The number of hydrogen-bond acceptors (Lipinski definition) is 4. The number of aryl methyl sites for hydroxylation is 1. The molecule has 2 atom stereocenters. The Hall–Kier alpha value is -1.92. The highest BCUT2D eigenvalue weighted by Crippen LogP contribution is 2.33. The van der Waals surface area contributed by atoms with Gasteiger partial charge in [0.1, 0.15) is 0 Å². The lowest BCUT2D eigenvalue weighted by Crippen LogP contribution is -2.40. The number of likely N-dealkylation sites (tertiary alicyclic amines) is 1. The van der Waals surface area contributed by atoms with Crippen LogP contribution in [0.5, 0.6) is 5.88 Å². The van der Waals surface area contributed by atoms with Gasteiger partial charge in [-0.25, -0.2) is 0 Å². The van der Waals surface area contributed by atoms with Crippen LogP contribution < -0.4 is 5.56 Å². The fourth-order valence-corrected chi connectivity index (χ4v) is 3.70. The van der Waals surface area contributed by atoms with Crippen LogP contribution in [0, 0.1) is 17.6 Å². The summed E-state index contributed by atoms with van der Waals surface area (Å²) in [4.78, 5) is 20.1. The van der Waals surface area contributed by atoms with Crippen LogP contribution in [-0.4, -0.2) is 33.1 Å². The number of benzene rings is 1. The summed E-state index contributed by atoms with van der Waals surface area (Å²) in [6, 6.07) is 7.83. The van der Waals surface area contributed by atoms with Crippen molar-refractivity contribution in [3.63, 3.8) is 0 Å². The summed E-state index contributed by atoms with van der Waals surface area (Å²) in [6.07, 6.45) is 2.28. The minimum atomic E-state index is -0.333. The van der Waals surface area contributed by atoms with Crippen LogP contribution in [0.1, 0.15) is 42.5 Å². The lowest BCUT2D eigenvalue weighted by molar-refractivity contribution is 0.146. The van der Waals surface area contributed by atoms with Gasteiger partial charge in [-0.15, -0.1) is 0 Å². The van der Waals surface area contributed by atoms with Crippen molar-refractivity contribution in [3.05, 3.63) is 56.1 Å². The zero-order valence-corrected chi connectivity index (χ0v) is 14.8. The van der Waals surface area contributed by atoms with E-state index in [0.29, 0.717) is 11.5 Å². The van der Waals surface area contributed by atoms with E-state index in [1.54, 1.807) is 0 Å². The SMILES string of the molecule is Cc1ccc([C@H](c2c(O)[nH]c(=S)[nH]c2=O)N2CCC[C@H](C)C2)cc1. The first-order valence-corrected chi connectivity index (χ1v) is 8.72. The summed E-state index contributed by atoms with van der Waals surface area (Å²) in [6.45, 7) is 6.05. The molecule has 3 N–H and O–H groups in total. The van der Waals surface area contributed by atoms with Crippen molar-refractivity contribution in [3.8, 4) is 5.88 Å². The Kier molecular flexibility index (Phi) is 4.87. The van der Waals surface area contributed by atoms with Gasteiger partial charge in [-0.05, 0) is 50.0 Å². The predicted octanol–water partition coefficient (Wildman–Crippen LogP) is 3.27. The van der Waals surface area contributed by atoms with E-state index in [4.69, 9.17) is 12.2 Å². The number of nitrogens with one attached hydrogen (secondary N) is 2. The molecule has 0 bridgehead atoms. The molecule has 0 amide bonds. The van der Waals surface area contributed by atoms with Gasteiger partial charge in [-0.2, -0.15) is 0 Å². The van der Waals surface area contributed by atoms with E-state index in [1.807, 2.05) is 31.2 Å². The Morgan fingerprint density at radius 1 is 1.29 bits per heavy atom. The highest BCUT2D eigenvalue weighted by molar-refractivity contribution is 7.71. The first-order valence-electron chi connectivity index (χ1n) is 8.32. The highest BCUT2D eigenvalue weighted by atomic mass is 32.1. The second-order valence-corrected chi connectivity index (χ2v) is 7.13. The van der Waals surface area contributed by atoms with Crippen molar-refractivity contribution in [2.75, 3.05) is 13.1 Å². The first-order chi connectivity index (χ1) is 11.5. The molecule has 0 saturated carbocycles. The molecule has 0 aliphatic carbocycles. The van der Waals surface area contributed by atoms with Crippen LogP contribution in [0.15, 0.2) is 29.1 Å². The van der Waals surface area contributed by atoms with Gasteiger partial charge in [0.15, 0.2) is 4.77 Å². The van der Waals surface area contributed by atoms with Crippen molar-refractivity contribution >= 4 is 12.2 Å². The van der Waals surface area contributed by atoms with Gasteiger partial charge in [-0.3, -0.25) is 14.7 Å². The summed E-state index contributed by atoms with van der Waals surface area (Å²) in [5, 5.41) is 10.4. The minimum absolute atomic E-state index is 0.135. The molecule has 1 fully saturated rings. The summed E-state index contributed by atoms with van der Waals surface area (Å²) in [7, 11) is 0. The monoisotopic (exact) mass is 345 g/mol. The molecule has 1 saturated heterocycles. The topological polar surface area (TPSA) is 72.1 Å². The second-order valence-electron chi connectivity index (χ2n) is 6.73. The van der Waals surface area contributed by atoms with Crippen LogP contribution in [0.4, 0.5) is 0 Å². The van der Waals surface area contributed by atoms with Crippen molar-refractivity contribution in [2.45, 2.75) is 32.7 Å². The number of aromatic amines is 2. The summed E-state index contributed by atoms with van der Waals surface area (Å²) >= 11 is 4.96. The van der Waals surface area contributed by atoms with E-state index >= 15 is 0 Å². The lowest BCUT2D eigenvalue weighted by atomic mass is 9.92. The molecule has 0 spiro atoms. The largest absolute Gasteiger partial charge is 0.494 e. The third-order valence-corrected chi connectivity index (χ3v) is 4.88. The zero-order chi connectivity index (χ0) is 17.3.